The van der Waals surface area contributed by atoms with E-state index in [4.69, 9.17) is 0 Å². The van der Waals surface area contributed by atoms with Crippen molar-refractivity contribution in [3.05, 3.63) is 33.8 Å². The summed E-state index contributed by atoms with van der Waals surface area (Å²) in [4.78, 5) is 0. The van der Waals surface area contributed by atoms with E-state index in [1.54, 1.807) is 0 Å². The van der Waals surface area contributed by atoms with Crippen LogP contribution in [-0.4, -0.2) is 18.6 Å². The van der Waals surface area contributed by atoms with E-state index in [-0.39, 0.29) is 0 Å². The van der Waals surface area contributed by atoms with Gasteiger partial charge in [-0.1, -0.05) is 28.1 Å². The molecule has 0 unspecified atom stereocenters. The summed E-state index contributed by atoms with van der Waals surface area (Å²) < 4.78 is 1.28. The van der Waals surface area contributed by atoms with Crippen LogP contribution in [0.15, 0.2) is 22.7 Å². The Hall–Kier alpha value is -0.380. The van der Waals surface area contributed by atoms with E-state index < -0.39 is 0 Å². The van der Waals surface area contributed by atoms with E-state index >= 15 is 0 Å². The van der Waals surface area contributed by atoms with Crippen LogP contribution < -0.4 is 10.6 Å². The molecule has 2 saturated carbocycles. The van der Waals surface area contributed by atoms with Gasteiger partial charge in [0.1, 0.15) is 0 Å². The lowest BCUT2D eigenvalue weighted by Crippen LogP contribution is -2.17. The topological polar surface area (TPSA) is 24.1 Å². The maximum Gasteiger partial charge on any atom is 0.0210 e. The third-order valence-corrected chi connectivity index (χ3v) is 4.91. The molecular formula is C17H25BrN2. The van der Waals surface area contributed by atoms with E-state index in [2.05, 4.69) is 44.8 Å². The number of benzene rings is 1. The summed E-state index contributed by atoms with van der Waals surface area (Å²) >= 11 is 3.73. The van der Waals surface area contributed by atoms with Gasteiger partial charge in [-0.15, -0.1) is 0 Å². The van der Waals surface area contributed by atoms with E-state index in [1.807, 2.05) is 0 Å². The minimum atomic E-state index is 0.785. The molecule has 0 spiro atoms. The van der Waals surface area contributed by atoms with Crippen molar-refractivity contribution in [1.29, 1.82) is 0 Å². The van der Waals surface area contributed by atoms with Crippen LogP contribution in [0.5, 0.6) is 0 Å². The van der Waals surface area contributed by atoms with Gasteiger partial charge in [-0.05, 0) is 68.7 Å². The van der Waals surface area contributed by atoms with Gasteiger partial charge in [0.25, 0.3) is 0 Å². The normalized spacial score (nSPS) is 18.4. The lowest BCUT2D eigenvalue weighted by Gasteiger charge is -2.09. The van der Waals surface area contributed by atoms with E-state index in [9.17, 15) is 0 Å². The monoisotopic (exact) mass is 336 g/mol. The van der Waals surface area contributed by atoms with Crippen molar-refractivity contribution in [1.82, 2.24) is 10.6 Å². The first-order valence-electron chi connectivity index (χ1n) is 8.05. The summed E-state index contributed by atoms with van der Waals surface area (Å²) in [6.07, 6.45) is 9.24. The lowest BCUT2D eigenvalue weighted by atomic mass is 10.1. The van der Waals surface area contributed by atoms with Crippen LogP contribution in [0.25, 0.3) is 0 Å². The SMILES string of the molecule is Brc1cc(CNC2CC2)ccc1CCCCNC1CC1. The van der Waals surface area contributed by atoms with E-state index in [1.165, 1.54) is 67.1 Å². The van der Waals surface area contributed by atoms with Crippen molar-refractivity contribution >= 4 is 15.9 Å². The van der Waals surface area contributed by atoms with Crippen LogP contribution in [0.3, 0.4) is 0 Å². The summed E-state index contributed by atoms with van der Waals surface area (Å²) in [5, 5.41) is 7.15. The molecule has 3 rings (SSSR count). The molecule has 2 aliphatic rings. The zero-order valence-corrected chi connectivity index (χ0v) is 13.7. The Bertz CT molecular complexity index is 439. The highest BCUT2D eigenvalue weighted by atomic mass is 79.9. The van der Waals surface area contributed by atoms with Crippen molar-refractivity contribution in [2.24, 2.45) is 0 Å². The number of hydrogen-bond donors (Lipinski definition) is 2. The van der Waals surface area contributed by atoms with Crippen LogP contribution >= 0.6 is 15.9 Å². The molecule has 0 atom stereocenters. The van der Waals surface area contributed by atoms with Gasteiger partial charge in [-0.25, -0.2) is 0 Å². The first-order chi connectivity index (χ1) is 9.81. The minimum Gasteiger partial charge on any atom is -0.314 e. The largest absolute Gasteiger partial charge is 0.314 e. The number of unbranched alkanes of at least 4 members (excludes halogenated alkanes) is 1. The molecule has 2 nitrogen and oxygen atoms in total. The molecule has 1 aromatic carbocycles. The predicted molar refractivity (Wildman–Crippen MR) is 88.0 cm³/mol. The average Bonchev–Trinajstić information content (AvgIpc) is 3.32. The van der Waals surface area contributed by atoms with Gasteiger partial charge < -0.3 is 10.6 Å². The van der Waals surface area contributed by atoms with Gasteiger partial charge in [-0.2, -0.15) is 0 Å². The highest BCUT2D eigenvalue weighted by Crippen LogP contribution is 2.23. The Morgan fingerprint density at radius 3 is 2.45 bits per heavy atom. The van der Waals surface area contributed by atoms with Crippen molar-refractivity contribution in [2.75, 3.05) is 6.54 Å². The summed E-state index contributed by atoms with van der Waals surface area (Å²) in [5.74, 6) is 0. The first kappa shape index (κ1) is 14.6. The molecule has 110 valence electrons. The molecule has 0 saturated heterocycles. The Kier molecular flexibility index (Phi) is 5.14. The summed E-state index contributed by atoms with van der Waals surface area (Å²) in [7, 11) is 0. The molecule has 0 aromatic heterocycles. The van der Waals surface area contributed by atoms with Crippen LogP contribution in [-0.2, 0) is 13.0 Å². The van der Waals surface area contributed by atoms with Gasteiger partial charge in [-0.3, -0.25) is 0 Å². The third-order valence-electron chi connectivity index (χ3n) is 4.17. The van der Waals surface area contributed by atoms with Gasteiger partial charge in [0.15, 0.2) is 0 Å². The standard InChI is InChI=1S/C17H25BrN2/c18-17-11-13(12-20-16-8-9-16)4-5-14(17)3-1-2-10-19-15-6-7-15/h4-5,11,15-16,19-20H,1-3,6-10,12H2. The maximum atomic E-state index is 3.73. The third kappa shape index (κ3) is 4.87. The molecule has 1 aromatic rings. The van der Waals surface area contributed by atoms with Crippen molar-refractivity contribution < 1.29 is 0 Å². The fourth-order valence-corrected chi connectivity index (χ4v) is 3.11. The number of hydrogen-bond acceptors (Lipinski definition) is 2. The molecular weight excluding hydrogens is 312 g/mol. The zero-order chi connectivity index (χ0) is 13.8. The molecule has 2 N–H and O–H groups in total. The van der Waals surface area contributed by atoms with Crippen LogP contribution in [0, 0.1) is 0 Å². The molecule has 20 heavy (non-hydrogen) atoms. The second-order valence-electron chi connectivity index (χ2n) is 6.27. The number of halogens is 1. The summed E-state index contributed by atoms with van der Waals surface area (Å²) in [5.41, 5.74) is 2.84. The second kappa shape index (κ2) is 7.06. The fraction of sp³-hybridized carbons (Fsp3) is 0.647. The molecule has 2 aliphatic carbocycles. The molecule has 0 bridgehead atoms. The summed E-state index contributed by atoms with van der Waals surface area (Å²) in [6.45, 7) is 2.19. The van der Waals surface area contributed by atoms with Crippen molar-refractivity contribution in [3.63, 3.8) is 0 Å². The highest BCUT2D eigenvalue weighted by Gasteiger charge is 2.20. The number of nitrogens with one attached hydrogen (secondary N) is 2. The second-order valence-corrected chi connectivity index (χ2v) is 7.12. The molecule has 0 aliphatic heterocycles. The van der Waals surface area contributed by atoms with Gasteiger partial charge >= 0.3 is 0 Å². The van der Waals surface area contributed by atoms with Crippen molar-refractivity contribution in [2.45, 2.75) is 63.6 Å². The smallest absolute Gasteiger partial charge is 0.0210 e. The maximum absolute atomic E-state index is 3.73. The van der Waals surface area contributed by atoms with Crippen LogP contribution in [0.2, 0.25) is 0 Å². The van der Waals surface area contributed by atoms with E-state index in [0.29, 0.717) is 0 Å². The quantitative estimate of drug-likeness (QED) is 0.670. The first-order valence-corrected chi connectivity index (χ1v) is 8.84. The molecule has 0 radical (unpaired) electrons. The predicted octanol–water partition coefficient (Wildman–Crippen LogP) is 3.78. The Labute approximate surface area is 130 Å². The fourth-order valence-electron chi connectivity index (χ4n) is 2.49. The molecule has 0 amide bonds. The average molecular weight is 337 g/mol. The van der Waals surface area contributed by atoms with Crippen LogP contribution in [0.1, 0.15) is 49.7 Å². The Balaban J connectivity index is 1.38. The molecule has 0 heterocycles. The molecule has 2 fully saturated rings. The van der Waals surface area contributed by atoms with Gasteiger partial charge in [0.2, 0.25) is 0 Å². The molecule has 3 heteroatoms. The van der Waals surface area contributed by atoms with Gasteiger partial charge in [0, 0.05) is 23.1 Å². The minimum absolute atomic E-state index is 0.785. The highest BCUT2D eigenvalue weighted by molar-refractivity contribution is 9.10. The van der Waals surface area contributed by atoms with Gasteiger partial charge in [0.05, 0.1) is 0 Å². The Morgan fingerprint density at radius 2 is 1.75 bits per heavy atom. The Morgan fingerprint density at radius 1 is 1.00 bits per heavy atom. The van der Waals surface area contributed by atoms with Crippen molar-refractivity contribution in [3.8, 4) is 0 Å². The summed E-state index contributed by atoms with van der Waals surface area (Å²) in [6, 6.07) is 8.49. The lowest BCUT2D eigenvalue weighted by molar-refractivity contribution is 0.619. The van der Waals surface area contributed by atoms with E-state index in [0.717, 1.165) is 18.6 Å². The zero-order valence-electron chi connectivity index (χ0n) is 12.1. The van der Waals surface area contributed by atoms with Crippen LogP contribution in [0.4, 0.5) is 0 Å². The number of rotatable bonds is 9. The number of aryl methyl sites for hydroxylation is 1.